The molecule has 1 saturated carbocycles. The minimum absolute atomic E-state index is 0.440. The summed E-state index contributed by atoms with van der Waals surface area (Å²) >= 11 is 0. The van der Waals surface area contributed by atoms with Crippen molar-refractivity contribution in [2.45, 2.75) is 38.1 Å². The number of nitrogens with two attached hydrogens (primary N) is 2. The SMILES string of the molecule is N/C=C\C(N)=NC1CCCCC1. The van der Waals surface area contributed by atoms with Gasteiger partial charge in [-0.3, -0.25) is 4.99 Å². The molecule has 0 spiro atoms. The maximum atomic E-state index is 5.60. The summed E-state index contributed by atoms with van der Waals surface area (Å²) in [6, 6.07) is 0.440. The third-order valence-electron chi connectivity index (χ3n) is 2.17. The predicted molar refractivity (Wildman–Crippen MR) is 51.8 cm³/mol. The molecule has 0 unspecified atom stereocenters. The Hall–Kier alpha value is -0.990. The summed E-state index contributed by atoms with van der Waals surface area (Å²) in [7, 11) is 0. The molecule has 0 heterocycles. The fraction of sp³-hybridized carbons (Fsp3) is 0.667. The van der Waals surface area contributed by atoms with E-state index in [0.717, 1.165) is 0 Å². The van der Waals surface area contributed by atoms with Gasteiger partial charge >= 0.3 is 0 Å². The van der Waals surface area contributed by atoms with Crippen molar-refractivity contribution in [2.24, 2.45) is 16.5 Å². The van der Waals surface area contributed by atoms with Crippen molar-refractivity contribution in [1.29, 1.82) is 0 Å². The number of hydrogen-bond donors (Lipinski definition) is 2. The lowest BCUT2D eigenvalue weighted by molar-refractivity contribution is 0.443. The van der Waals surface area contributed by atoms with Gasteiger partial charge in [0, 0.05) is 0 Å². The molecular weight excluding hydrogens is 150 g/mol. The first kappa shape index (κ1) is 9.10. The molecule has 0 aromatic heterocycles. The molecule has 0 saturated heterocycles. The number of hydrogen-bond acceptors (Lipinski definition) is 2. The third kappa shape index (κ3) is 2.95. The van der Waals surface area contributed by atoms with Crippen LogP contribution in [-0.2, 0) is 0 Å². The second kappa shape index (κ2) is 4.80. The Kier molecular flexibility index (Phi) is 3.64. The molecule has 0 aromatic carbocycles. The van der Waals surface area contributed by atoms with E-state index in [0.29, 0.717) is 11.9 Å². The quantitative estimate of drug-likeness (QED) is 0.478. The summed E-state index contributed by atoms with van der Waals surface area (Å²) in [5, 5.41) is 0. The molecular formula is C9H17N3. The molecule has 0 aliphatic heterocycles. The van der Waals surface area contributed by atoms with Crippen LogP contribution >= 0.6 is 0 Å². The smallest absolute Gasteiger partial charge is 0.119 e. The molecule has 0 bridgehead atoms. The van der Waals surface area contributed by atoms with Gasteiger partial charge in [0.2, 0.25) is 0 Å². The van der Waals surface area contributed by atoms with Crippen molar-refractivity contribution in [3.63, 3.8) is 0 Å². The zero-order valence-electron chi connectivity index (χ0n) is 7.37. The van der Waals surface area contributed by atoms with Crippen LogP contribution in [0.3, 0.4) is 0 Å². The molecule has 3 heteroatoms. The highest BCUT2D eigenvalue weighted by Gasteiger charge is 2.11. The topological polar surface area (TPSA) is 64.4 Å². The van der Waals surface area contributed by atoms with E-state index in [-0.39, 0.29) is 0 Å². The normalized spacial score (nSPS) is 21.8. The highest BCUT2D eigenvalue weighted by atomic mass is 14.9. The van der Waals surface area contributed by atoms with Gasteiger partial charge in [-0.15, -0.1) is 0 Å². The summed E-state index contributed by atoms with van der Waals surface area (Å²) in [6.07, 6.45) is 9.36. The summed E-state index contributed by atoms with van der Waals surface area (Å²) in [5.41, 5.74) is 10.8. The Bertz CT molecular complexity index is 178. The molecule has 0 amide bonds. The predicted octanol–water partition coefficient (Wildman–Crippen LogP) is 1.15. The fourth-order valence-electron chi connectivity index (χ4n) is 1.56. The van der Waals surface area contributed by atoms with Crippen LogP contribution in [0.2, 0.25) is 0 Å². The van der Waals surface area contributed by atoms with Crippen LogP contribution in [-0.4, -0.2) is 11.9 Å². The van der Waals surface area contributed by atoms with Gasteiger partial charge in [0.1, 0.15) is 5.84 Å². The van der Waals surface area contributed by atoms with Crippen molar-refractivity contribution in [3.05, 3.63) is 12.3 Å². The molecule has 0 atom stereocenters. The molecule has 4 N–H and O–H groups in total. The number of rotatable bonds is 2. The molecule has 1 rings (SSSR count). The van der Waals surface area contributed by atoms with Crippen molar-refractivity contribution in [3.8, 4) is 0 Å². The Morgan fingerprint density at radius 1 is 1.25 bits per heavy atom. The van der Waals surface area contributed by atoms with E-state index in [9.17, 15) is 0 Å². The van der Waals surface area contributed by atoms with Gasteiger partial charge in [-0.1, -0.05) is 19.3 Å². The maximum absolute atomic E-state index is 5.60. The van der Waals surface area contributed by atoms with Crippen LogP contribution in [0.25, 0.3) is 0 Å². The number of aliphatic imine (C=N–C) groups is 1. The highest BCUT2D eigenvalue weighted by Crippen LogP contribution is 2.19. The second-order valence-corrected chi connectivity index (χ2v) is 3.20. The average molecular weight is 167 g/mol. The van der Waals surface area contributed by atoms with E-state index in [1.165, 1.54) is 38.3 Å². The second-order valence-electron chi connectivity index (χ2n) is 3.20. The van der Waals surface area contributed by atoms with Gasteiger partial charge in [-0.05, 0) is 25.1 Å². The van der Waals surface area contributed by atoms with Crippen LogP contribution in [0.5, 0.6) is 0 Å². The van der Waals surface area contributed by atoms with E-state index in [1.54, 1.807) is 6.08 Å². The molecule has 0 radical (unpaired) electrons. The van der Waals surface area contributed by atoms with Crippen LogP contribution < -0.4 is 11.5 Å². The van der Waals surface area contributed by atoms with E-state index >= 15 is 0 Å². The lowest BCUT2D eigenvalue weighted by atomic mass is 9.96. The summed E-state index contributed by atoms with van der Waals surface area (Å²) < 4.78 is 0. The Balaban J connectivity index is 2.41. The molecule has 1 aliphatic carbocycles. The van der Waals surface area contributed by atoms with E-state index in [4.69, 9.17) is 11.5 Å². The first-order valence-corrected chi connectivity index (χ1v) is 4.54. The number of nitrogens with zero attached hydrogens (tertiary/aromatic N) is 1. The molecule has 68 valence electrons. The first-order valence-electron chi connectivity index (χ1n) is 4.54. The summed E-state index contributed by atoms with van der Waals surface area (Å²) in [4.78, 5) is 4.35. The van der Waals surface area contributed by atoms with Gasteiger partial charge in [-0.25, -0.2) is 0 Å². The summed E-state index contributed by atoms with van der Waals surface area (Å²) in [5.74, 6) is 0.560. The van der Waals surface area contributed by atoms with Gasteiger partial charge < -0.3 is 11.5 Å². The van der Waals surface area contributed by atoms with Crippen molar-refractivity contribution < 1.29 is 0 Å². The van der Waals surface area contributed by atoms with E-state index in [1.807, 2.05) is 0 Å². The van der Waals surface area contributed by atoms with Crippen LogP contribution in [0.15, 0.2) is 17.3 Å². The molecule has 3 nitrogen and oxygen atoms in total. The molecule has 1 fully saturated rings. The average Bonchev–Trinajstić information content (AvgIpc) is 2.06. The standard InChI is InChI=1S/C9H17N3/c10-7-6-9(11)12-8-4-2-1-3-5-8/h6-8H,1-5,10H2,(H2,11,12)/b7-6-. The van der Waals surface area contributed by atoms with Crippen LogP contribution in [0, 0.1) is 0 Å². The highest BCUT2D eigenvalue weighted by molar-refractivity contribution is 5.91. The molecule has 12 heavy (non-hydrogen) atoms. The van der Waals surface area contributed by atoms with Gasteiger partial charge in [0.15, 0.2) is 0 Å². The Labute approximate surface area is 73.5 Å². The lowest BCUT2D eigenvalue weighted by Gasteiger charge is -2.17. The zero-order chi connectivity index (χ0) is 8.81. The lowest BCUT2D eigenvalue weighted by Crippen LogP contribution is -2.17. The van der Waals surface area contributed by atoms with Crippen LogP contribution in [0.4, 0.5) is 0 Å². The number of amidine groups is 1. The maximum Gasteiger partial charge on any atom is 0.119 e. The first-order chi connectivity index (χ1) is 5.83. The van der Waals surface area contributed by atoms with Gasteiger partial charge in [-0.2, -0.15) is 0 Å². The van der Waals surface area contributed by atoms with Gasteiger partial charge in [0.05, 0.1) is 6.04 Å². The van der Waals surface area contributed by atoms with E-state index < -0.39 is 0 Å². The Morgan fingerprint density at radius 3 is 2.50 bits per heavy atom. The minimum atomic E-state index is 0.440. The Morgan fingerprint density at radius 2 is 1.92 bits per heavy atom. The van der Waals surface area contributed by atoms with Crippen LogP contribution in [0.1, 0.15) is 32.1 Å². The van der Waals surface area contributed by atoms with Gasteiger partial charge in [0.25, 0.3) is 0 Å². The third-order valence-corrected chi connectivity index (χ3v) is 2.17. The van der Waals surface area contributed by atoms with E-state index in [2.05, 4.69) is 4.99 Å². The van der Waals surface area contributed by atoms with Crippen molar-refractivity contribution in [1.82, 2.24) is 0 Å². The monoisotopic (exact) mass is 167 g/mol. The summed E-state index contributed by atoms with van der Waals surface area (Å²) in [6.45, 7) is 0. The molecule has 0 aromatic rings. The largest absolute Gasteiger partial charge is 0.404 e. The fourth-order valence-corrected chi connectivity index (χ4v) is 1.56. The minimum Gasteiger partial charge on any atom is -0.404 e. The van der Waals surface area contributed by atoms with Crippen molar-refractivity contribution >= 4 is 5.84 Å². The van der Waals surface area contributed by atoms with Crippen molar-refractivity contribution in [2.75, 3.05) is 0 Å². The zero-order valence-corrected chi connectivity index (χ0v) is 7.37. The molecule has 1 aliphatic rings.